The summed E-state index contributed by atoms with van der Waals surface area (Å²) in [5.74, 6) is 0. The van der Waals surface area contributed by atoms with Crippen LogP contribution < -0.4 is 15.4 Å². The van der Waals surface area contributed by atoms with Crippen LogP contribution in [0.4, 0.5) is 28.4 Å². The monoisotopic (exact) mass is 476 g/mol. The minimum Gasteiger partial charge on any atom is -0.355 e. The Morgan fingerprint density at radius 1 is 0.743 bits per heavy atom. The van der Waals surface area contributed by atoms with Crippen LogP contribution in [0.25, 0.3) is 10.9 Å². The molecule has 3 N–H and O–H groups in total. The molecule has 0 aliphatic rings. The summed E-state index contributed by atoms with van der Waals surface area (Å²) >= 11 is 0. The Kier molecular flexibility index (Phi) is 6.33. The number of pyridine rings is 2. The summed E-state index contributed by atoms with van der Waals surface area (Å²) in [6.45, 7) is 0. The molecule has 8 heteroatoms. The van der Waals surface area contributed by atoms with Gasteiger partial charge in [-0.2, -0.15) is 5.26 Å². The highest BCUT2D eigenvalue weighted by atomic mass is 32.2. The Morgan fingerprint density at radius 2 is 1.51 bits per heavy atom. The molecular weight excluding hydrogens is 456 g/mol. The maximum absolute atomic E-state index is 13.1. The van der Waals surface area contributed by atoms with E-state index in [1.54, 1.807) is 30.7 Å². The minimum absolute atomic E-state index is 0.563. The summed E-state index contributed by atoms with van der Waals surface area (Å²) in [5.41, 5.74) is 5.46. The zero-order valence-electron chi connectivity index (χ0n) is 18.5. The van der Waals surface area contributed by atoms with Gasteiger partial charge in [-0.15, -0.1) is 0 Å². The van der Waals surface area contributed by atoms with Gasteiger partial charge in [0.25, 0.3) is 0 Å². The molecule has 35 heavy (non-hydrogen) atoms. The van der Waals surface area contributed by atoms with Gasteiger partial charge in [0.05, 0.1) is 22.0 Å². The molecule has 0 saturated carbocycles. The van der Waals surface area contributed by atoms with E-state index in [0.29, 0.717) is 10.5 Å². The second-order valence-electron chi connectivity index (χ2n) is 7.67. The van der Waals surface area contributed by atoms with Gasteiger partial charge in [0, 0.05) is 52.4 Å². The van der Waals surface area contributed by atoms with Gasteiger partial charge in [0.1, 0.15) is 11.0 Å². The lowest BCUT2D eigenvalue weighted by molar-refractivity contribution is 0.686. The van der Waals surface area contributed by atoms with Crippen molar-refractivity contribution in [3.63, 3.8) is 0 Å². The van der Waals surface area contributed by atoms with Gasteiger partial charge in [-0.05, 0) is 72.8 Å². The number of benzene rings is 3. The Labute approximate surface area is 205 Å². The van der Waals surface area contributed by atoms with Crippen molar-refractivity contribution in [2.45, 2.75) is 4.90 Å². The van der Waals surface area contributed by atoms with E-state index in [-0.39, 0.29) is 0 Å². The van der Waals surface area contributed by atoms with Gasteiger partial charge in [-0.1, -0.05) is 12.1 Å². The van der Waals surface area contributed by atoms with Gasteiger partial charge in [0.15, 0.2) is 0 Å². The van der Waals surface area contributed by atoms with Crippen LogP contribution in [-0.4, -0.2) is 14.2 Å². The molecule has 170 valence electrons. The number of nitrogens with zero attached hydrogens (tertiary/aromatic N) is 3. The summed E-state index contributed by atoms with van der Waals surface area (Å²) in [4.78, 5) is 9.01. The molecule has 0 bridgehead atoms. The predicted octanol–water partition coefficient (Wildman–Crippen LogP) is 6.12. The third-order valence-corrected chi connectivity index (χ3v) is 6.34. The first-order valence-electron chi connectivity index (χ1n) is 10.8. The van der Waals surface area contributed by atoms with E-state index >= 15 is 0 Å². The van der Waals surface area contributed by atoms with Crippen molar-refractivity contribution in [1.82, 2.24) is 9.97 Å². The first-order valence-corrected chi connectivity index (χ1v) is 11.9. The summed E-state index contributed by atoms with van der Waals surface area (Å²) < 4.78 is 16.1. The molecule has 0 fully saturated rings. The van der Waals surface area contributed by atoms with Crippen molar-refractivity contribution in [2.75, 3.05) is 15.4 Å². The summed E-state index contributed by atoms with van der Waals surface area (Å²) in [6.07, 6.45) is 5.16. The number of anilines is 5. The Morgan fingerprint density at radius 3 is 2.34 bits per heavy atom. The number of rotatable bonds is 7. The maximum Gasteiger partial charge on any atom is 0.150 e. The highest BCUT2D eigenvalue weighted by Gasteiger charge is 2.08. The highest BCUT2D eigenvalue weighted by molar-refractivity contribution is 7.86. The van der Waals surface area contributed by atoms with Gasteiger partial charge in [-0.25, -0.2) is 4.21 Å². The third-order valence-electron chi connectivity index (χ3n) is 5.24. The first kappa shape index (κ1) is 22.1. The molecule has 3 aromatic carbocycles. The van der Waals surface area contributed by atoms with Crippen LogP contribution in [0.1, 0.15) is 5.56 Å². The molecule has 5 aromatic rings. The Balaban J connectivity index is 1.33. The molecule has 0 amide bonds. The number of fused-ring (bicyclic) bond motifs is 1. The Hall–Kier alpha value is -4.74. The molecule has 0 saturated heterocycles. The van der Waals surface area contributed by atoms with Crippen molar-refractivity contribution in [2.24, 2.45) is 0 Å². The number of nitriles is 1. The van der Waals surface area contributed by atoms with E-state index in [9.17, 15) is 9.47 Å². The number of nitrogens with one attached hydrogen (secondary N) is 3. The summed E-state index contributed by atoms with van der Waals surface area (Å²) in [7, 11) is -1.47. The first-order chi connectivity index (χ1) is 17.2. The number of hydrogen-bond acceptors (Lipinski definition) is 6. The standard InChI is InChI=1S/C27H20N6OS/c28-18-19-7-8-26-25(15-19)27(11-14-30-26)32-22-4-2-6-24(17-22)35(34)33-23-5-1-3-21(16-23)31-20-9-12-29-13-10-20/h1-17,33H,(H,29,31)(H,30,32). The SMILES string of the molecule is N#Cc1ccc2nccc(Nc3cccc(S(=O)Nc4cccc(Nc5ccncc5)c4)c3)c2c1. The third kappa shape index (κ3) is 5.27. The molecule has 1 atom stereocenters. The quantitative estimate of drug-likeness (QED) is 0.261. The van der Waals surface area contributed by atoms with E-state index in [1.165, 1.54) is 0 Å². The van der Waals surface area contributed by atoms with E-state index in [4.69, 9.17) is 0 Å². The molecule has 0 aliphatic heterocycles. The summed E-state index contributed by atoms with van der Waals surface area (Å²) in [6, 6.07) is 28.2. The predicted molar refractivity (Wildman–Crippen MR) is 140 cm³/mol. The van der Waals surface area contributed by atoms with E-state index < -0.39 is 11.0 Å². The van der Waals surface area contributed by atoms with Crippen LogP contribution in [0.3, 0.4) is 0 Å². The molecule has 0 aliphatic carbocycles. The van der Waals surface area contributed by atoms with Gasteiger partial charge in [-0.3, -0.25) is 9.97 Å². The van der Waals surface area contributed by atoms with Crippen molar-refractivity contribution < 1.29 is 4.21 Å². The largest absolute Gasteiger partial charge is 0.355 e. The van der Waals surface area contributed by atoms with Gasteiger partial charge in [0.2, 0.25) is 0 Å². The highest BCUT2D eigenvalue weighted by Crippen LogP contribution is 2.27. The minimum atomic E-state index is -1.47. The van der Waals surface area contributed by atoms with E-state index in [2.05, 4.69) is 31.4 Å². The van der Waals surface area contributed by atoms with Crippen LogP contribution >= 0.6 is 0 Å². The fourth-order valence-corrected chi connectivity index (χ4v) is 4.49. The fraction of sp³-hybridized carbons (Fsp3) is 0. The average Bonchev–Trinajstić information content (AvgIpc) is 2.89. The van der Waals surface area contributed by atoms with Crippen LogP contribution in [0, 0.1) is 11.3 Å². The molecule has 5 rings (SSSR count). The second kappa shape index (κ2) is 10.0. The molecule has 7 nitrogen and oxygen atoms in total. The van der Waals surface area contributed by atoms with Crippen LogP contribution in [-0.2, 0) is 11.0 Å². The smallest absolute Gasteiger partial charge is 0.150 e. The normalized spacial score (nSPS) is 11.4. The zero-order chi connectivity index (χ0) is 24.0. The lowest BCUT2D eigenvalue weighted by Gasteiger charge is -2.12. The van der Waals surface area contributed by atoms with E-state index in [1.807, 2.05) is 72.8 Å². The van der Waals surface area contributed by atoms with Crippen LogP contribution in [0.15, 0.2) is 108 Å². The van der Waals surface area contributed by atoms with Crippen molar-refractivity contribution in [3.05, 3.63) is 109 Å². The molecule has 0 spiro atoms. The van der Waals surface area contributed by atoms with Gasteiger partial charge < -0.3 is 15.4 Å². The molecule has 2 heterocycles. The van der Waals surface area contributed by atoms with E-state index in [0.717, 1.165) is 39.3 Å². The maximum atomic E-state index is 13.1. The number of hydrogen-bond donors (Lipinski definition) is 3. The Bertz CT molecular complexity index is 1570. The summed E-state index contributed by atoms with van der Waals surface area (Å²) in [5, 5.41) is 16.8. The van der Waals surface area contributed by atoms with Gasteiger partial charge >= 0.3 is 0 Å². The molecule has 0 radical (unpaired) electrons. The van der Waals surface area contributed by atoms with Crippen LogP contribution in [0.5, 0.6) is 0 Å². The molecule has 2 aromatic heterocycles. The second-order valence-corrected chi connectivity index (χ2v) is 8.88. The van der Waals surface area contributed by atoms with Crippen molar-refractivity contribution >= 4 is 50.3 Å². The zero-order valence-corrected chi connectivity index (χ0v) is 19.3. The topological polar surface area (TPSA) is 103 Å². The molecular formula is C27H20N6OS. The lowest BCUT2D eigenvalue weighted by atomic mass is 10.1. The van der Waals surface area contributed by atoms with Crippen molar-refractivity contribution in [3.8, 4) is 6.07 Å². The average molecular weight is 477 g/mol. The fourth-order valence-electron chi connectivity index (χ4n) is 3.60. The molecule has 1 unspecified atom stereocenters. The van der Waals surface area contributed by atoms with Crippen LogP contribution in [0.2, 0.25) is 0 Å². The number of aromatic nitrogens is 2. The lowest BCUT2D eigenvalue weighted by Crippen LogP contribution is -2.05. The van der Waals surface area contributed by atoms with Crippen molar-refractivity contribution in [1.29, 1.82) is 5.26 Å².